The fourth-order valence-electron chi connectivity index (χ4n) is 2.95. The van der Waals surface area contributed by atoms with E-state index in [2.05, 4.69) is 10.2 Å². The molecule has 0 saturated carbocycles. The Bertz CT molecular complexity index is 358. The number of likely N-dealkylation sites (tertiary alicyclic amines) is 1. The lowest BCUT2D eigenvalue weighted by Gasteiger charge is -2.39. The second-order valence-corrected chi connectivity index (χ2v) is 5.63. The smallest absolute Gasteiger partial charge is 0.242 e. The molecule has 7 nitrogen and oxygen atoms in total. The van der Waals surface area contributed by atoms with Crippen LogP contribution >= 0.6 is 0 Å². The molecule has 2 rings (SSSR count). The molecule has 0 bridgehead atoms. The maximum absolute atomic E-state index is 12.3. The molecular weight excluding hydrogens is 272 g/mol. The summed E-state index contributed by atoms with van der Waals surface area (Å²) in [4.78, 5) is 27.8. The van der Waals surface area contributed by atoms with Crippen LogP contribution in [0.5, 0.6) is 0 Å². The Morgan fingerprint density at radius 1 is 1.19 bits per heavy atom. The van der Waals surface area contributed by atoms with Crippen LogP contribution in [0.25, 0.3) is 0 Å². The lowest BCUT2D eigenvalue weighted by Crippen LogP contribution is -2.53. The molecule has 2 aliphatic rings. The monoisotopic (exact) mass is 298 g/mol. The summed E-state index contributed by atoms with van der Waals surface area (Å²) in [5.41, 5.74) is 5.23. The molecule has 0 aromatic rings. The number of hydrogen-bond donors (Lipinski definition) is 2. The molecule has 0 aromatic heterocycles. The predicted molar refractivity (Wildman–Crippen MR) is 78.7 cm³/mol. The summed E-state index contributed by atoms with van der Waals surface area (Å²) in [5.74, 6) is -0.292. The zero-order chi connectivity index (χ0) is 15.1. The van der Waals surface area contributed by atoms with Gasteiger partial charge in [0.15, 0.2) is 0 Å². The summed E-state index contributed by atoms with van der Waals surface area (Å²) < 4.78 is 5.36. The van der Waals surface area contributed by atoms with Crippen LogP contribution in [-0.2, 0) is 14.3 Å². The number of hydrogen-bond acceptors (Lipinski definition) is 5. The molecule has 1 unspecified atom stereocenters. The van der Waals surface area contributed by atoms with E-state index in [0.29, 0.717) is 0 Å². The van der Waals surface area contributed by atoms with Crippen molar-refractivity contribution in [1.82, 2.24) is 15.1 Å². The first kappa shape index (κ1) is 16.2. The van der Waals surface area contributed by atoms with Crippen molar-refractivity contribution in [3.05, 3.63) is 0 Å². The molecule has 3 N–H and O–H groups in total. The third-order valence-electron chi connectivity index (χ3n) is 4.14. The molecule has 21 heavy (non-hydrogen) atoms. The average Bonchev–Trinajstić information content (AvgIpc) is 2.53. The highest BCUT2D eigenvalue weighted by atomic mass is 16.5. The first-order valence-corrected chi connectivity index (χ1v) is 7.77. The lowest BCUT2D eigenvalue weighted by molar-refractivity contribution is -0.136. The highest BCUT2D eigenvalue weighted by molar-refractivity contribution is 5.85. The van der Waals surface area contributed by atoms with E-state index in [1.165, 1.54) is 0 Å². The Kier molecular flexibility index (Phi) is 6.41. The van der Waals surface area contributed by atoms with E-state index in [1.54, 1.807) is 0 Å². The van der Waals surface area contributed by atoms with Gasteiger partial charge in [-0.3, -0.25) is 14.5 Å². The molecule has 2 saturated heterocycles. The third-order valence-corrected chi connectivity index (χ3v) is 4.14. The molecule has 2 aliphatic heterocycles. The molecular formula is C14H26N4O3. The van der Waals surface area contributed by atoms with Gasteiger partial charge < -0.3 is 20.7 Å². The van der Waals surface area contributed by atoms with Gasteiger partial charge in [0.2, 0.25) is 11.8 Å². The number of ether oxygens (including phenoxy) is 1. The van der Waals surface area contributed by atoms with Crippen LogP contribution in [0.2, 0.25) is 0 Å². The highest BCUT2D eigenvalue weighted by Gasteiger charge is 2.28. The van der Waals surface area contributed by atoms with Crippen molar-refractivity contribution in [2.45, 2.75) is 25.3 Å². The number of nitrogens with zero attached hydrogens (tertiary/aromatic N) is 2. The first-order valence-electron chi connectivity index (χ1n) is 7.77. The van der Waals surface area contributed by atoms with Gasteiger partial charge >= 0.3 is 0 Å². The highest BCUT2D eigenvalue weighted by Crippen LogP contribution is 2.18. The number of amides is 2. The van der Waals surface area contributed by atoms with Crippen LogP contribution in [-0.4, -0.2) is 80.1 Å². The minimum absolute atomic E-state index is 0.00485. The summed E-state index contributed by atoms with van der Waals surface area (Å²) in [6.45, 7) is 5.07. The molecule has 0 aromatic carbocycles. The fourth-order valence-corrected chi connectivity index (χ4v) is 2.95. The van der Waals surface area contributed by atoms with Gasteiger partial charge in [0.05, 0.1) is 26.3 Å². The predicted octanol–water partition coefficient (Wildman–Crippen LogP) is -1.23. The SMILES string of the molecule is NCC(=O)NCC(=O)N1CCCCC1CN1CCOCC1. The van der Waals surface area contributed by atoms with E-state index in [-0.39, 0.29) is 30.9 Å². The maximum atomic E-state index is 12.3. The lowest BCUT2D eigenvalue weighted by atomic mass is 10.0. The number of nitrogens with one attached hydrogen (secondary N) is 1. The van der Waals surface area contributed by atoms with Crippen LogP contribution in [0.1, 0.15) is 19.3 Å². The fraction of sp³-hybridized carbons (Fsp3) is 0.857. The number of carbonyl (C=O) groups is 2. The number of carbonyl (C=O) groups excluding carboxylic acids is 2. The van der Waals surface area contributed by atoms with Gasteiger partial charge in [-0.1, -0.05) is 0 Å². The Hall–Kier alpha value is -1.18. The van der Waals surface area contributed by atoms with Crippen LogP contribution in [0.15, 0.2) is 0 Å². The van der Waals surface area contributed by atoms with Crippen molar-refractivity contribution in [3.8, 4) is 0 Å². The van der Waals surface area contributed by atoms with E-state index in [1.807, 2.05) is 4.90 Å². The van der Waals surface area contributed by atoms with Gasteiger partial charge in [0, 0.05) is 32.2 Å². The third kappa shape index (κ3) is 4.94. The van der Waals surface area contributed by atoms with Crippen LogP contribution in [0.3, 0.4) is 0 Å². The number of piperidine rings is 1. The zero-order valence-corrected chi connectivity index (χ0v) is 12.6. The Morgan fingerprint density at radius 2 is 1.95 bits per heavy atom. The van der Waals surface area contributed by atoms with Crippen molar-refractivity contribution >= 4 is 11.8 Å². The van der Waals surface area contributed by atoms with Gasteiger partial charge in [-0.15, -0.1) is 0 Å². The quantitative estimate of drug-likeness (QED) is 0.664. The second kappa shape index (κ2) is 8.31. The van der Waals surface area contributed by atoms with Crippen LogP contribution in [0, 0.1) is 0 Å². The average molecular weight is 298 g/mol. The topological polar surface area (TPSA) is 87.9 Å². The zero-order valence-electron chi connectivity index (χ0n) is 12.6. The minimum Gasteiger partial charge on any atom is -0.379 e. The van der Waals surface area contributed by atoms with Crippen molar-refractivity contribution in [3.63, 3.8) is 0 Å². The number of morpholine rings is 1. The Morgan fingerprint density at radius 3 is 2.67 bits per heavy atom. The molecule has 2 heterocycles. The standard InChI is InChI=1S/C14H26N4O3/c15-9-13(19)16-10-14(20)18-4-2-1-3-12(18)11-17-5-7-21-8-6-17/h12H,1-11,15H2,(H,16,19). The molecule has 2 amide bonds. The van der Waals surface area contributed by atoms with Crippen LogP contribution < -0.4 is 11.1 Å². The molecule has 7 heteroatoms. The van der Waals surface area contributed by atoms with E-state index in [4.69, 9.17) is 10.5 Å². The Balaban J connectivity index is 1.85. The summed E-state index contributed by atoms with van der Waals surface area (Å²) in [5, 5.41) is 2.56. The van der Waals surface area contributed by atoms with Gasteiger partial charge in [-0.2, -0.15) is 0 Å². The molecule has 0 spiro atoms. The molecule has 0 aliphatic carbocycles. The van der Waals surface area contributed by atoms with Crippen molar-refractivity contribution in [1.29, 1.82) is 0 Å². The van der Waals surface area contributed by atoms with Crippen molar-refractivity contribution < 1.29 is 14.3 Å². The largest absolute Gasteiger partial charge is 0.379 e. The van der Waals surface area contributed by atoms with Gasteiger partial charge in [-0.25, -0.2) is 0 Å². The molecule has 1 atom stereocenters. The number of nitrogens with two attached hydrogens (primary N) is 1. The minimum atomic E-state index is -0.287. The maximum Gasteiger partial charge on any atom is 0.242 e. The summed E-state index contributed by atoms with van der Waals surface area (Å²) in [6.07, 6.45) is 3.23. The van der Waals surface area contributed by atoms with E-state index in [9.17, 15) is 9.59 Å². The van der Waals surface area contributed by atoms with Crippen molar-refractivity contribution in [2.24, 2.45) is 5.73 Å². The molecule has 0 radical (unpaired) electrons. The van der Waals surface area contributed by atoms with E-state index < -0.39 is 0 Å². The van der Waals surface area contributed by atoms with Crippen molar-refractivity contribution in [2.75, 3.05) is 52.5 Å². The Labute approximate surface area is 125 Å². The van der Waals surface area contributed by atoms with Gasteiger partial charge in [0.25, 0.3) is 0 Å². The van der Waals surface area contributed by atoms with Crippen LogP contribution in [0.4, 0.5) is 0 Å². The summed E-state index contributed by atoms with van der Waals surface area (Å²) >= 11 is 0. The normalized spacial score (nSPS) is 23.9. The molecule has 120 valence electrons. The van der Waals surface area contributed by atoms with Gasteiger partial charge in [0.1, 0.15) is 0 Å². The first-order chi connectivity index (χ1) is 10.2. The number of rotatable bonds is 5. The van der Waals surface area contributed by atoms with E-state index in [0.717, 1.165) is 58.7 Å². The second-order valence-electron chi connectivity index (χ2n) is 5.63. The summed E-state index contributed by atoms with van der Waals surface area (Å²) in [6, 6.07) is 0.249. The van der Waals surface area contributed by atoms with Gasteiger partial charge in [-0.05, 0) is 19.3 Å². The summed E-state index contributed by atoms with van der Waals surface area (Å²) in [7, 11) is 0. The molecule has 2 fully saturated rings. The van der Waals surface area contributed by atoms with E-state index >= 15 is 0 Å².